The SMILES string of the molecule is CCNC(=O)c1cc(OC2CCC(N)C2)ccn1. The summed E-state index contributed by atoms with van der Waals surface area (Å²) in [5.74, 6) is 0.511. The molecule has 2 atom stereocenters. The van der Waals surface area contributed by atoms with Gasteiger partial charge < -0.3 is 15.8 Å². The lowest BCUT2D eigenvalue weighted by Gasteiger charge is -2.13. The minimum Gasteiger partial charge on any atom is -0.490 e. The molecule has 98 valence electrons. The molecule has 5 nitrogen and oxygen atoms in total. The molecule has 1 saturated carbocycles. The Morgan fingerprint density at radius 3 is 3.11 bits per heavy atom. The van der Waals surface area contributed by atoms with E-state index in [4.69, 9.17) is 10.5 Å². The number of hydrogen-bond acceptors (Lipinski definition) is 4. The smallest absolute Gasteiger partial charge is 0.270 e. The summed E-state index contributed by atoms with van der Waals surface area (Å²) in [7, 11) is 0. The highest BCUT2D eigenvalue weighted by Gasteiger charge is 2.23. The molecule has 1 amide bonds. The number of aromatic nitrogens is 1. The van der Waals surface area contributed by atoms with E-state index in [9.17, 15) is 4.79 Å². The fourth-order valence-electron chi connectivity index (χ4n) is 2.13. The Hall–Kier alpha value is -1.62. The quantitative estimate of drug-likeness (QED) is 0.837. The molecular weight excluding hydrogens is 230 g/mol. The zero-order chi connectivity index (χ0) is 13.0. The van der Waals surface area contributed by atoms with Gasteiger partial charge in [0.25, 0.3) is 5.91 Å². The Bertz CT molecular complexity index is 422. The largest absolute Gasteiger partial charge is 0.490 e. The molecule has 18 heavy (non-hydrogen) atoms. The predicted molar refractivity (Wildman–Crippen MR) is 68.5 cm³/mol. The van der Waals surface area contributed by atoms with E-state index in [0.29, 0.717) is 18.0 Å². The van der Waals surface area contributed by atoms with E-state index < -0.39 is 0 Å². The standard InChI is InChI=1S/C13H19N3O2/c1-2-15-13(17)12-8-11(5-6-16-12)18-10-4-3-9(14)7-10/h5-6,8-10H,2-4,7,14H2,1H3,(H,15,17). The number of rotatable bonds is 4. The maximum Gasteiger partial charge on any atom is 0.270 e. The molecule has 1 aromatic heterocycles. The highest BCUT2D eigenvalue weighted by atomic mass is 16.5. The van der Waals surface area contributed by atoms with Crippen LogP contribution in [0.1, 0.15) is 36.7 Å². The van der Waals surface area contributed by atoms with Gasteiger partial charge in [0.15, 0.2) is 0 Å². The van der Waals surface area contributed by atoms with Crippen LogP contribution in [0.5, 0.6) is 5.75 Å². The van der Waals surface area contributed by atoms with Crippen molar-refractivity contribution in [3.8, 4) is 5.75 Å². The summed E-state index contributed by atoms with van der Waals surface area (Å²) in [6.07, 6.45) is 4.59. The summed E-state index contributed by atoms with van der Waals surface area (Å²) in [6, 6.07) is 3.68. The number of nitrogens with two attached hydrogens (primary N) is 1. The lowest BCUT2D eigenvalue weighted by atomic mass is 10.2. The van der Waals surface area contributed by atoms with Crippen molar-refractivity contribution in [3.05, 3.63) is 24.0 Å². The third kappa shape index (κ3) is 3.20. The zero-order valence-corrected chi connectivity index (χ0v) is 10.6. The van der Waals surface area contributed by atoms with Crippen molar-refractivity contribution >= 4 is 5.91 Å². The van der Waals surface area contributed by atoms with Gasteiger partial charge >= 0.3 is 0 Å². The first-order valence-electron chi connectivity index (χ1n) is 6.35. The predicted octanol–water partition coefficient (Wildman–Crippen LogP) is 1.09. The topological polar surface area (TPSA) is 77.2 Å². The Balaban J connectivity index is 2.01. The maximum absolute atomic E-state index is 11.6. The molecule has 2 rings (SSSR count). The number of hydrogen-bond donors (Lipinski definition) is 2. The van der Waals surface area contributed by atoms with Crippen LogP contribution >= 0.6 is 0 Å². The summed E-state index contributed by atoms with van der Waals surface area (Å²) in [5, 5.41) is 2.71. The number of ether oxygens (including phenoxy) is 1. The van der Waals surface area contributed by atoms with E-state index in [1.54, 1.807) is 18.3 Å². The summed E-state index contributed by atoms with van der Waals surface area (Å²) in [5.41, 5.74) is 6.23. The van der Waals surface area contributed by atoms with Gasteiger partial charge in [-0.05, 0) is 32.3 Å². The van der Waals surface area contributed by atoms with Crippen molar-refractivity contribution in [2.45, 2.75) is 38.3 Å². The van der Waals surface area contributed by atoms with Crippen LogP contribution in [-0.4, -0.2) is 29.6 Å². The lowest BCUT2D eigenvalue weighted by molar-refractivity contribution is 0.0950. The molecule has 2 unspecified atom stereocenters. The molecule has 1 aliphatic rings. The molecule has 0 radical (unpaired) electrons. The fourth-order valence-corrected chi connectivity index (χ4v) is 2.13. The molecule has 1 aromatic rings. The number of pyridine rings is 1. The first-order chi connectivity index (χ1) is 8.69. The van der Waals surface area contributed by atoms with Crippen LogP contribution in [0.2, 0.25) is 0 Å². The molecule has 0 saturated heterocycles. The van der Waals surface area contributed by atoms with Crippen molar-refractivity contribution in [2.24, 2.45) is 5.73 Å². The number of nitrogens with one attached hydrogen (secondary N) is 1. The lowest BCUT2D eigenvalue weighted by Crippen LogP contribution is -2.24. The second-order valence-electron chi connectivity index (χ2n) is 4.55. The normalized spacial score (nSPS) is 22.8. The van der Waals surface area contributed by atoms with Crippen LogP contribution in [0, 0.1) is 0 Å². The second kappa shape index (κ2) is 5.82. The maximum atomic E-state index is 11.6. The number of amides is 1. The first kappa shape index (κ1) is 12.8. The van der Waals surface area contributed by atoms with Crippen LogP contribution < -0.4 is 15.8 Å². The number of carbonyl (C=O) groups excluding carboxylic acids is 1. The van der Waals surface area contributed by atoms with Crippen molar-refractivity contribution < 1.29 is 9.53 Å². The van der Waals surface area contributed by atoms with Gasteiger partial charge in [-0.25, -0.2) is 0 Å². The first-order valence-corrected chi connectivity index (χ1v) is 6.35. The van der Waals surface area contributed by atoms with Crippen molar-refractivity contribution in [3.63, 3.8) is 0 Å². The van der Waals surface area contributed by atoms with Gasteiger partial charge in [-0.15, -0.1) is 0 Å². The molecule has 1 aliphatic carbocycles. The van der Waals surface area contributed by atoms with E-state index >= 15 is 0 Å². The minimum atomic E-state index is -0.175. The molecule has 0 aliphatic heterocycles. The van der Waals surface area contributed by atoms with Gasteiger partial charge in [0, 0.05) is 24.8 Å². The van der Waals surface area contributed by atoms with Crippen LogP contribution in [0.15, 0.2) is 18.3 Å². The molecule has 1 heterocycles. The zero-order valence-electron chi connectivity index (χ0n) is 10.6. The van der Waals surface area contributed by atoms with Gasteiger partial charge in [-0.1, -0.05) is 0 Å². The van der Waals surface area contributed by atoms with Crippen molar-refractivity contribution in [1.29, 1.82) is 0 Å². The summed E-state index contributed by atoms with van der Waals surface area (Å²) >= 11 is 0. The Kier molecular flexibility index (Phi) is 4.15. The van der Waals surface area contributed by atoms with Crippen LogP contribution in [0.25, 0.3) is 0 Å². The fraction of sp³-hybridized carbons (Fsp3) is 0.538. The molecule has 0 spiro atoms. The molecule has 0 aromatic carbocycles. The minimum absolute atomic E-state index is 0.157. The second-order valence-corrected chi connectivity index (χ2v) is 4.55. The third-order valence-corrected chi connectivity index (χ3v) is 3.03. The van der Waals surface area contributed by atoms with Crippen molar-refractivity contribution in [2.75, 3.05) is 6.54 Å². The summed E-state index contributed by atoms with van der Waals surface area (Å²) in [4.78, 5) is 15.7. The van der Waals surface area contributed by atoms with Gasteiger partial charge in [-0.2, -0.15) is 0 Å². The number of carbonyl (C=O) groups is 1. The van der Waals surface area contributed by atoms with Crippen molar-refractivity contribution in [1.82, 2.24) is 10.3 Å². The number of nitrogens with zero attached hydrogens (tertiary/aromatic N) is 1. The van der Waals surface area contributed by atoms with Gasteiger partial charge in [0.05, 0.1) is 0 Å². The van der Waals surface area contributed by atoms with Crippen LogP contribution in [-0.2, 0) is 0 Å². The average Bonchev–Trinajstić information content (AvgIpc) is 2.75. The molecule has 3 N–H and O–H groups in total. The van der Waals surface area contributed by atoms with E-state index in [2.05, 4.69) is 10.3 Å². The van der Waals surface area contributed by atoms with Crippen LogP contribution in [0.3, 0.4) is 0 Å². The molecular formula is C13H19N3O2. The van der Waals surface area contributed by atoms with E-state index in [1.165, 1.54) is 0 Å². The summed E-state index contributed by atoms with van der Waals surface area (Å²) in [6.45, 7) is 2.46. The molecule has 0 bridgehead atoms. The van der Waals surface area contributed by atoms with E-state index in [0.717, 1.165) is 19.3 Å². The van der Waals surface area contributed by atoms with Gasteiger partial charge in [0.1, 0.15) is 17.5 Å². The Morgan fingerprint density at radius 1 is 1.61 bits per heavy atom. The van der Waals surface area contributed by atoms with Crippen LogP contribution in [0.4, 0.5) is 0 Å². The highest BCUT2D eigenvalue weighted by molar-refractivity contribution is 5.92. The Morgan fingerprint density at radius 2 is 2.44 bits per heavy atom. The molecule has 5 heteroatoms. The highest BCUT2D eigenvalue weighted by Crippen LogP contribution is 2.23. The van der Waals surface area contributed by atoms with Gasteiger partial charge in [-0.3, -0.25) is 9.78 Å². The molecule has 1 fully saturated rings. The van der Waals surface area contributed by atoms with E-state index in [-0.39, 0.29) is 18.1 Å². The van der Waals surface area contributed by atoms with Gasteiger partial charge in [0.2, 0.25) is 0 Å². The van der Waals surface area contributed by atoms with E-state index in [1.807, 2.05) is 6.92 Å². The Labute approximate surface area is 107 Å². The monoisotopic (exact) mass is 249 g/mol. The summed E-state index contributed by atoms with van der Waals surface area (Å²) < 4.78 is 5.81. The average molecular weight is 249 g/mol. The third-order valence-electron chi connectivity index (χ3n) is 3.03.